The van der Waals surface area contributed by atoms with E-state index in [1.54, 1.807) is 0 Å². The van der Waals surface area contributed by atoms with Crippen LogP contribution in [0.15, 0.2) is 46.9 Å². The van der Waals surface area contributed by atoms with Crippen LogP contribution in [0, 0.1) is 0 Å². The first-order valence-electron chi connectivity index (χ1n) is 6.04. The molecule has 0 bridgehead atoms. The van der Waals surface area contributed by atoms with E-state index in [0.29, 0.717) is 19.0 Å². The molecular weight excluding hydrogens is 308 g/mol. The summed E-state index contributed by atoms with van der Waals surface area (Å²) in [6.07, 6.45) is -0.519. The van der Waals surface area contributed by atoms with E-state index < -0.39 is 6.10 Å². The van der Waals surface area contributed by atoms with E-state index in [2.05, 4.69) is 15.9 Å². The number of aliphatic hydroxyl groups is 1. The molecule has 0 saturated heterocycles. The highest BCUT2D eigenvalue weighted by Gasteiger charge is 2.21. The SMILES string of the molecule is OC1COc2cc(OCc3cccc(Br)c3)ccc21. The van der Waals surface area contributed by atoms with Crippen molar-refractivity contribution in [3.05, 3.63) is 58.1 Å². The summed E-state index contributed by atoms with van der Waals surface area (Å²) in [6, 6.07) is 13.5. The third-order valence-electron chi connectivity index (χ3n) is 3.04. The lowest BCUT2D eigenvalue weighted by Crippen LogP contribution is -1.97. The Hall–Kier alpha value is -1.52. The molecule has 3 nitrogen and oxygen atoms in total. The first kappa shape index (κ1) is 12.5. The number of hydrogen-bond acceptors (Lipinski definition) is 3. The largest absolute Gasteiger partial charge is 0.490 e. The van der Waals surface area contributed by atoms with Crippen LogP contribution in [-0.4, -0.2) is 11.7 Å². The van der Waals surface area contributed by atoms with Crippen LogP contribution < -0.4 is 9.47 Å². The Kier molecular flexibility index (Phi) is 3.44. The van der Waals surface area contributed by atoms with Gasteiger partial charge in [-0.2, -0.15) is 0 Å². The van der Waals surface area contributed by atoms with E-state index in [1.807, 2.05) is 42.5 Å². The lowest BCUT2D eigenvalue weighted by molar-refractivity contribution is 0.140. The van der Waals surface area contributed by atoms with Crippen LogP contribution in [0.25, 0.3) is 0 Å². The van der Waals surface area contributed by atoms with Gasteiger partial charge in [-0.05, 0) is 29.8 Å². The van der Waals surface area contributed by atoms with Gasteiger partial charge in [0, 0.05) is 16.1 Å². The molecule has 0 amide bonds. The van der Waals surface area contributed by atoms with Gasteiger partial charge in [-0.1, -0.05) is 28.1 Å². The predicted octanol–water partition coefficient (Wildman–Crippen LogP) is 3.45. The van der Waals surface area contributed by atoms with Gasteiger partial charge in [0.2, 0.25) is 0 Å². The van der Waals surface area contributed by atoms with Crippen molar-refractivity contribution >= 4 is 15.9 Å². The molecule has 0 aliphatic carbocycles. The lowest BCUT2D eigenvalue weighted by Gasteiger charge is -2.08. The van der Waals surface area contributed by atoms with Crippen molar-refractivity contribution in [1.29, 1.82) is 0 Å². The second-order valence-electron chi connectivity index (χ2n) is 4.45. The van der Waals surface area contributed by atoms with E-state index in [4.69, 9.17) is 9.47 Å². The Morgan fingerprint density at radius 1 is 1.26 bits per heavy atom. The summed E-state index contributed by atoms with van der Waals surface area (Å²) in [7, 11) is 0. The summed E-state index contributed by atoms with van der Waals surface area (Å²) in [5, 5.41) is 9.64. The molecule has 19 heavy (non-hydrogen) atoms. The molecule has 98 valence electrons. The molecule has 2 aromatic rings. The monoisotopic (exact) mass is 320 g/mol. The third kappa shape index (κ3) is 2.74. The van der Waals surface area contributed by atoms with Gasteiger partial charge in [-0.3, -0.25) is 0 Å². The minimum absolute atomic E-state index is 0.324. The summed E-state index contributed by atoms with van der Waals surface area (Å²) in [4.78, 5) is 0. The van der Waals surface area contributed by atoms with Gasteiger partial charge in [0.1, 0.15) is 30.8 Å². The number of benzene rings is 2. The first-order chi connectivity index (χ1) is 9.22. The second-order valence-corrected chi connectivity index (χ2v) is 5.36. The van der Waals surface area contributed by atoms with E-state index in [1.165, 1.54) is 0 Å². The Morgan fingerprint density at radius 3 is 3.00 bits per heavy atom. The number of halogens is 1. The summed E-state index contributed by atoms with van der Waals surface area (Å²) < 4.78 is 12.1. The van der Waals surface area contributed by atoms with Crippen molar-refractivity contribution < 1.29 is 14.6 Å². The fourth-order valence-electron chi connectivity index (χ4n) is 2.06. The Labute approximate surface area is 119 Å². The topological polar surface area (TPSA) is 38.7 Å². The average Bonchev–Trinajstić information content (AvgIpc) is 2.78. The Balaban J connectivity index is 1.71. The molecule has 0 aromatic heterocycles. The second kappa shape index (κ2) is 5.23. The fourth-order valence-corrected chi connectivity index (χ4v) is 2.50. The van der Waals surface area contributed by atoms with Gasteiger partial charge in [0.15, 0.2) is 0 Å². The van der Waals surface area contributed by atoms with Crippen LogP contribution in [0.2, 0.25) is 0 Å². The molecule has 1 unspecified atom stereocenters. The molecule has 0 radical (unpaired) electrons. The average molecular weight is 321 g/mol. The zero-order chi connectivity index (χ0) is 13.2. The van der Waals surface area contributed by atoms with Crippen LogP contribution in [0.4, 0.5) is 0 Å². The highest BCUT2D eigenvalue weighted by atomic mass is 79.9. The molecule has 1 heterocycles. The summed E-state index contributed by atoms with van der Waals surface area (Å²) >= 11 is 3.43. The maximum atomic E-state index is 9.64. The number of rotatable bonds is 3. The zero-order valence-electron chi connectivity index (χ0n) is 10.2. The molecule has 3 rings (SSSR count). The summed E-state index contributed by atoms with van der Waals surface area (Å²) in [6.45, 7) is 0.825. The zero-order valence-corrected chi connectivity index (χ0v) is 11.8. The standard InChI is InChI=1S/C15H13BrO3/c16-11-3-1-2-10(6-11)8-18-12-4-5-13-14(17)9-19-15(13)7-12/h1-7,14,17H,8-9H2. The van der Waals surface area contributed by atoms with Gasteiger partial charge in [-0.15, -0.1) is 0 Å². The van der Waals surface area contributed by atoms with Gasteiger partial charge in [0.25, 0.3) is 0 Å². The maximum Gasteiger partial charge on any atom is 0.129 e. The molecule has 0 fully saturated rings. The molecule has 1 aliphatic rings. The van der Waals surface area contributed by atoms with Crippen molar-refractivity contribution in [3.8, 4) is 11.5 Å². The lowest BCUT2D eigenvalue weighted by atomic mass is 10.1. The van der Waals surface area contributed by atoms with Crippen molar-refractivity contribution in [2.75, 3.05) is 6.61 Å². The molecule has 2 aromatic carbocycles. The number of fused-ring (bicyclic) bond motifs is 1. The van der Waals surface area contributed by atoms with Gasteiger partial charge in [0.05, 0.1) is 0 Å². The minimum Gasteiger partial charge on any atom is -0.490 e. The molecule has 4 heteroatoms. The molecular formula is C15H13BrO3. The molecule has 1 N–H and O–H groups in total. The minimum atomic E-state index is -0.519. The van der Waals surface area contributed by atoms with Crippen molar-refractivity contribution in [1.82, 2.24) is 0 Å². The van der Waals surface area contributed by atoms with Crippen molar-refractivity contribution in [3.63, 3.8) is 0 Å². The highest BCUT2D eigenvalue weighted by molar-refractivity contribution is 9.10. The van der Waals surface area contributed by atoms with E-state index >= 15 is 0 Å². The van der Waals surface area contributed by atoms with Crippen LogP contribution in [0.3, 0.4) is 0 Å². The van der Waals surface area contributed by atoms with E-state index in [9.17, 15) is 5.11 Å². The van der Waals surface area contributed by atoms with Gasteiger partial charge < -0.3 is 14.6 Å². The van der Waals surface area contributed by atoms with E-state index in [-0.39, 0.29) is 0 Å². The number of hydrogen-bond donors (Lipinski definition) is 1. The van der Waals surface area contributed by atoms with Crippen LogP contribution >= 0.6 is 15.9 Å². The van der Waals surface area contributed by atoms with Crippen LogP contribution in [0.5, 0.6) is 11.5 Å². The molecule has 0 spiro atoms. The van der Waals surface area contributed by atoms with Crippen molar-refractivity contribution in [2.45, 2.75) is 12.7 Å². The maximum absolute atomic E-state index is 9.64. The van der Waals surface area contributed by atoms with Gasteiger partial charge in [-0.25, -0.2) is 0 Å². The highest BCUT2D eigenvalue weighted by Crippen LogP contribution is 2.35. The predicted molar refractivity (Wildman–Crippen MR) is 75.4 cm³/mol. The first-order valence-corrected chi connectivity index (χ1v) is 6.84. The van der Waals surface area contributed by atoms with Crippen molar-refractivity contribution in [2.24, 2.45) is 0 Å². The third-order valence-corrected chi connectivity index (χ3v) is 3.53. The Bertz CT molecular complexity index is 598. The van der Waals surface area contributed by atoms with Crippen LogP contribution in [-0.2, 0) is 6.61 Å². The normalized spacial score (nSPS) is 16.8. The number of aliphatic hydroxyl groups excluding tert-OH is 1. The number of ether oxygens (including phenoxy) is 2. The smallest absolute Gasteiger partial charge is 0.129 e. The van der Waals surface area contributed by atoms with E-state index in [0.717, 1.165) is 21.3 Å². The summed E-state index contributed by atoms with van der Waals surface area (Å²) in [5.41, 5.74) is 1.92. The quantitative estimate of drug-likeness (QED) is 0.941. The molecule has 0 saturated carbocycles. The van der Waals surface area contributed by atoms with Crippen LogP contribution in [0.1, 0.15) is 17.2 Å². The fraction of sp³-hybridized carbons (Fsp3) is 0.200. The van der Waals surface area contributed by atoms with Gasteiger partial charge >= 0.3 is 0 Å². The Morgan fingerprint density at radius 2 is 2.16 bits per heavy atom. The molecule has 1 atom stereocenters. The molecule has 1 aliphatic heterocycles. The summed E-state index contributed by atoms with van der Waals surface area (Å²) in [5.74, 6) is 1.45.